The maximum atomic E-state index is 12.2. The first-order chi connectivity index (χ1) is 9.54. The molecule has 0 saturated heterocycles. The fourth-order valence-electron chi connectivity index (χ4n) is 1.33. The second kappa shape index (κ2) is 6.65. The molecule has 1 aromatic carbocycles. The third-order valence-corrected chi connectivity index (χ3v) is 3.09. The van der Waals surface area contributed by atoms with Gasteiger partial charge in [-0.05, 0) is 48.0 Å². The standard InChI is InChI=1S/C13H15BrF3NO3/c1-12(2,6-19)18-11(20)8-3-4-9(14)10(5-8)21-7-13(15,16)17/h3-5,19H,6-7H2,1-2H3,(H,18,20). The molecule has 118 valence electrons. The Bertz CT molecular complexity index is 518. The number of nitrogens with one attached hydrogen (secondary N) is 1. The molecule has 1 amide bonds. The van der Waals surface area contributed by atoms with Crippen molar-refractivity contribution in [3.8, 4) is 5.75 Å². The second-order valence-electron chi connectivity index (χ2n) is 5.05. The Morgan fingerprint density at radius 2 is 2.00 bits per heavy atom. The van der Waals surface area contributed by atoms with Crippen LogP contribution in [-0.2, 0) is 0 Å². The van der Waals surface area contributed by atoms with E-state index in [1.165, 1.54) is 18.2 Å². The average Bonchev–Trinajstić information content (AvgIpc) is 2.36. The molecule has 0 aliphatic rings. The molecule has 8 heteroatoms. The van der Waals surface area contributed by atoms with Gasteiger partial charge in [0.05, 0.1) is 16.6 Å². The van der Waals surface area contributed by atoms with Crippen molar-refractivity contribution in [2.24, 2.45) is 0 Å². The molecule has 0 spiro atoms. The highest BCUT2D eigenvalue weighted by molar-refractivity contribution is 9.10. The third-order valence-electron chi connectivity index (χ3n) is 2.43. The lowest BCUT2D eigenvalue weighted by molar-refractivity contribution is -0.153. The molecule has 0 bridgehead atoms. The molecule has 0 heterocycles. The Labute approximate surface area is 128 Å². The van der Waals surface area contributed by atoms with Crippen LogP contribution >= 0.6 is 15.9 Å². The van der Waals surface area contributed by atoms with Crippen LogP contribution in [0.2, 0.25) is 0 Å². The van der Waals surface area contributed by atoms with Crippen molar-refractivity contribution in [3.05, 3.63) is 28.2 Å². The molecule has 0 radical (unpaired) electrons. The third kappa shape index (κ3) is 5.92. The summed E-state index contributed by atoms with van der Waals surface area (Å²) < 4.78 is 41.4. The zero-order valence-electron chi connectivity index (χ0n) is 11.4. The Morgan fingerprint density at radius 3 is 2.52 bits per heavy atom. The largest absolute Gasteiger partial charge is 0.483 e. The number of carbonyl (C=O) groups excluding carboxylic acids is 1. The van der Waals surface area contributed by atoms with E-state index in [2.05, 4.69) is 26.0 Å². The molecule has 0 aromatic heterocycles. The summed E-state index contributed by atoms with van der Waals surface area (Å²) in [5.41, 5.74) is -0.700. The number of benzene rings is 1. The number of aliphatic hydroxyl groups is 1. The van der Waals surface area contributed by atoms with Gasteiger partial charge >= 0.3 is 6.18 Å². The van der Waals surface area contributed by atoms with Crippen molar-refractivity contribution in [2.45, 2.75) is 25.6 Å². The first-order valence-corrected chi connectivity index (χ1v) is 6.76. The topological polar surface area (TPSA) is 58.6 Å². The molecule has 1 aromatic rings. The van der Waals surface area contributed by atoms with Gasteiger partial charge in [-0.15, -0.1) is 0 Å². The Hall–Kier alpha value is -1.28. The fraction of sp³-hybridized carbons (Fsp3) is 0.462. The van der Waals surface area contributed by atoms with Gasteiger partial charge in [0.15, 0.2) is 6.61 Å². The van der Waals surface area contributed by atoms with E-state index < -0.39 is 24.2 Å². The van der Waals surface area contributed by atoms with Crippen molar-refractivity contribution in [2.75, 3.05) is 13.2 Å². The molecule has 21 heavy (non-hydrogen) atoms. The predicted molar refractivity (Wildman–Crippen MR) is 74.3 cm³/mol. The Balaban J connectivity index is 2.88. The zero-order chi connectivity index (χ0) is 16.3. The van der Waals surface area contributed by atoms with Gasteiger partial charge in [0.1, 0.15) is 5.75 Å². The van der Waals surface area contributed by atoms with E-state index in [1.807, 2.05) is 0 Å². The van der Waals surface area contributed by atoms with Gasteiger partial charge in [0.25, 0.3) is 5.91 Å². The van der Waals surface area contributed by atoms with Gasteiger partial charge < -0.3 is 15.2 Å². The minimum Gasteiger partial charge on any atom is -0.483 e. The molecule has 0 atom stereocenters. The first kappa shape index (κ1) is 17.8. The summed E-state index contributed by atoms with van der Waals surface area (Å²) in [6.07, 6.45) is -4.46. The first-order valence-electron chi connectivity index (χ1n) is 5.96. The molecule has 1 rings (SSSR count). The minimum absolute atomic E-state index is 0.0817. The lowest BCUT2D eigenvalue weighted by atomic mass is 10.1. The number of alkyl halides is 3. The monoisotopic (exact) mass is 369 g/mol. The van der Waals surface area contributed by atoms with Gasteiger partial charge in [-0.2, -0.15) is 13.2 Å². The van der Waals surface area contributed by atoms with E-state index in [9.17, 15) is 18.0 Å². The SMILES string of the molecule is CC(C)(CO)NC(=O)c1ccc(Br)c(OCC(F)(F)F)c1. The van der Waals surface area contributed by atoms with Crippen molar-refractivity contribution in [1.29, 1.82) is 0 Å². The summed E-state index contributed by atoms with van der Waals surface area (Å²) in [6.45, 7) is 1.52. The lowest BCUT2D eigenvalue weighted by Crippen LogP contribution is -2.46. The van der Waals surface area contributed by atoms with E-state index in [0.717, 1.165) is 0 Å². The number of hydrogen-bond acceptors (Lipinski definition) is 3. The van der Waals surface area contributed by atoms with Crippen LogP contribution in [0.15, 0.2) is 22.7 Å². The molecule has 0 unspecified atom stereocenters. The minimum atomic E-state index is -4.46. The predicted octanol–water partition coefficient (Wildman–Crippen LogP) is 2.89. The molecule has 2 N–H and O–H groups in total. The highest BCUT2D eigenvalue weighted by Gasteiger charge is 2.29. The van der Waals surface area contributed by atoms with Gasteiger partial charge in [0.2, 0.25) is 0 Å². The maximum absolute atomic E-state index is 12.2. The second-order valence-corrected chi connectivity index (χ2v) is 5.90. The number of aliphatic hydroxyl groups excluding tert-OH is 1. The molecule has 0 saturated carbocycles. The number of hydrogen-bond donors (Lipinski definition) is 2. The van der Waals surface area contributed by atoms with Crippen LogP contribution < -0.4 is 10.1 Å². The number of rotatable bonds is 5. The van der Waals surface area contributed by atoms with Crippen molar-refractivity contribution in [3.63, 3.8) is 0 Å². The van der Waals surface area contributed by atoms with E-state index >= 15 is 0 Å². The van der Waals surface area contributed by atoms with E-state index in [-0.39, 0.29) is 17.9 Å². The molecular formula is C13H15BrF3NO3. The Kier molecular flexibility index (Phi) is 5.63. The number of halogens is 4. The van der Waals surface area contributed by atoms with Crippen molar-refractivity contribution < 1.29 is 27.8 Å². The summed E-state index contributed by atoms with van der Waals surface area (Å²) >= 11 is 3.06. The summed E-state index contributed by atoms with van der Waals surface area (Å²) in [4.78, 5) is 12.0. The van der Waals surface area contributed by atoms with Crippen LogP contribution in [0.25, 0.3) is 0 Å². The smallest absolute Gasteiger partial charge is 0.422 e. The van der Waals surface area contributed by atoms with Crippen molar-refractivity contribution in [1.82, 2.24) is 5.32 Å². The molecule has 4 nitrogen and oxygen atoms in total. The fourth-order valence-corrected chi connectivity index (χ4v) is 1.69. The molecular weight excluding hydrogens is 355 g/mol. The normalized spacial score (nSPS) is 12.1. The summed E-state index contributed by atoms with van der Waals surface area (Å²) in [5.74, 6) is -0.597. The maximum Gasteiger partial charge on any atom is 0.422 e. The van der Waals surface area contributed by atoms with Crippen LogP contribution in [0.3, 0.4) is 0 Å². The summed E-state index contributed by atoms with van der Waals surface area (Å²) in [6, 6.07) is 4.07. The van der Waals surface area contributed by atoms with E-state index in [0.29, 0.717) is 4.47 Å². The molecule has 0 aliphatic carbocycles. The number of ether oxygens (including phenoxy) is 1. The van der Waals surface area contributed by atoms with E-state index in [4.69, 9.17) is 5.11 Å². The zero-order valence-corrected chi connectivity index (χ0v) is 13.0. The van der Waals surface area contributed by atoms with Gasteiger partial charge in [0, 0.05) is 5.56 Å². The lowest BCUT2D eigenvalue weighted by Gasteiger charge is -2.23. The van der Waals surface area contributed by atoms with Gasteiger partial charge in [-0.3, -0.25) is 4.79 Å². The van der Waals surface area contributed by atoms with Crippen LogP contribution in [0.1, 0.15) is 24.2 Å². The van der Waals surface area contributed by atoms with Crippen molar-refractivity contribution >= 4 is 21.8 Å². The molecule has 0 aliphatic heterocycles. The summed E-state index contributed by atoms with van der Waals surface area (Å²) in [7, 11) is 0. The highest BCUT2D eigenvalue weighted by atomic mass is 79.9. The van der Waals surface area contributed by atoms with Crippen LogP contribution in [0, 0.1) is 0 Å². The highest BCUT2D eigenvalue weighted by Crippen LogP contribution is 2.28. The Morgan fingerprint density at radius 1 is 1.38 bits per heavy atom. The van der Waals surface area contributed by atoms with Crippen LogP contribution in [0.4, 0.5) is 13.2 Å². The van der Waals surface area contributed by atoms with Gasteiger partial charge in [-0.1, -0.05) is 0 Å². The van der Waals surface area contributed by atoms with E-state index in [1.54, 1.807) is 13.8 Å². The summed E-state index contributed by atoms with van der Waals surface area (Å²) in [5, 5.41) is 11.6. The average molecular weight is 370 g/mol. The number of amides is 1. The quantitative estimate of drug-likeness (QED) is 0.838. The van der Waals surface area contributed by atoms with Gasteiger partial charge in [-0.25, -0.2) is 0 Å². The number of carbonyl (C=O) groups is 1. The van der Waals surface area contributed by atoms with Crippen LogP contribution in [0.5, 0.6) is 5.75 Å². The molecule has 0 fully saturated rings. The van der Waals surface area contributed by atoms with Crippen LogP contribution in [-0.4, -0.2) is 35.9 Å².